The van der Waals surface area contributed by atoms with Gasteiger partial charge in [-0.25, -0.2) is 0 Å². The van der Waals surface area contributed by atoms with Crippen LogP contribution in [0.5, 0.6) is 0 Å². The standard InChI is InChI=1S/C18H18NSe/c20-18(15-17-12-5-2-6-13-17)19-14-8-7-11-16-9-3-1-4-10-16/h1-7,9-13H,8,14-15H2/b11-7+,19-18?. The Balaban J connectivity index is 1.74. The van der Waals surface area contributed by atoms with E-state index in [2.05, 4.69) is 81.7 Å². The molecule has 0 aromatic heterocycles. The van der Waals surface area contributed by atoms with E-state index in [1.807, 2.05) is 12.1 Å². The number of nitrogens with zero attached hydrogens (tertiary/aromatic N) is 1. The van der Waals surface area contributed by atoms with Crippen molar-refractivity contribution < 1.29 is 0 Å². The van der Waals surface area contributed by atoms with Crippen LogP contribution >= 0.6 is 0 Å². The van der Waals surface area contributed by atoms with Crippen molar-refractivity contribution in [2.24, 2.45) is 4.99 Å². The zero-order valence-corrected chi connectivity index (χ0v) is 13.1. The summed E-state index contributed by atoms with van der Waals surface area (Å²) in [5.74, 6) is 0. The van der Waals surface area contributed by atoms with Crippen molar-refractivity contribution in [2.45, 2.75) is 12.8 Å². The van der Waals surface area contributed by atoms with Crippen molar-refractivity contribution >= 4 is 26.7 Å². The van der Waals surface area contributed by atoms with Crippen molar-refractivity contribution in [1.82, 2.24) is 0 Å². The van der Waals surface area contributed by atoms with Gasteiger partial charge in [0.2, 0.25) is 0 Å². The number of hydrogen-bond donors (Lipinski definition) is 0. The van der Waals surface area contributed by atoms with Crippen LogP contribution in [0.3, 0.4) is 0 Å². The van der Waals surface area contributed by atoms with Crippen molar-refractivity contribution in [2.75, 3.05) is 6.54 Å². The fraction of sp³-hybridized carbons (Fsp3) is 0.167. The van der Waals surface area contributed by atoms with Gasteiger partial charge in [0.15, 0.2) is 0 Å². The van der Waals surface area contributed by atoms with E-state index in [1.54, 1.807) is 0 Å². The first-order chi connectivity index (χ1) is 9.84. The van der Waals surface area contributed by atoms with Gasteiger partial charge in [-0.2, -0.15) is 0 Å². The van der Waals surface area contributed by atoms with E-state index in [1.165, 1.54) is 11.1 Å². The molecule has 0 heterocycles. The van der Waals surface area contributed by atoms with Gasteiger partial charge in [0.25, 0.3) is 0 Å². The molecule has 2 aromatic carbocycles. The van der Waals surface area contributed by atoms with Crippen LogP contribution in [-0.2, 0) is 6.42 Å². The molecule has 2 rings (SSSR count). The molecule has 0 aliphatic carbocycles. The van der Waals surface area contributed by atoms with Gasteiger partial charge in [-0.15, -0.1) is 0 Å². The van der Waals surface area contributed by atoms with E-state index >= 15 is 0 Å². The molecule has 2 heteroatoms. The summed E-state index contributed by atoms with van der Waals surface area (Å²) in [6.45, 7) is 0.832. The Morgan fingerprint density at radius 1 is 0.950 bits per heavy atom. The van der Waals surface area contributed by atoms with E-state index in [0.29, 0.717) is 0 Å². The normalized spacial score (nSPS) is 11.9. The topological polar surface area (TPSA) is 12.4 Å². The number of benzene rings is 2. The molecule has 0 atom stereocenters. The van der Waals surface area contributed by atoms with E-state index in [9.17, 15) is 0 Å². The van der Waals surface area contributed by atoms with E-state index in [0.717, 1.165) is 24.0 Å². The summed E-state index contributed by atoms with van der Waals surface area (Å²) in [4.78, 5) is 4.56. The minimum atomic E-state index is 0.832. The molecule has 0 bridgehead atoms. The van der Waals surface area contributed by atoms with Crippen molar-refractivity contribution in [3.05, 3.63) is 77.9 Å². The molecule has 20 heavy (non-hydrogen) atoms. The summed E-state index contributed by atoms with van der Waals surface area (Å²) in [5, 5.41) is 0. The average Bonchev–Trinajstić information content (AvgIpc) is 2.49. The van der Waals surface area contributed by atoms with E-state index in [-0.39, 0.29) is 0 Å². The predicted octanol–water partition coefficient (Wildman–Crippen LogP) is 3.90. The molecule has 2 aromatic rings. The van der Waals surface area contributed by atoms with Gasteiger partial charge in [0.1, 0.15) is 0 Å². The van der Waals surface area contributed by atoms with Crippen molar-refractivity contribution in [1.29, 1.82) is 0 Å². The molecule has 0 N–H and O–H groups in total. The summed E-state index contributed by atoms with van der Waals surface area (Å²) in [5.41, 5.74) is 2.54. The molecule has 0 aliphatic rings. The maximum absolute atomic E-state index is 4.56. The molecular weight excluding hydrogens is 309 g/mol. The van der Waals surface area contributed by atoms with Crippen molar-refractivity contribution in [3.8, 4) is 0 Å². The zero-order chi connectivity index (χ0) is 14.0. The predicted molar refractivity (Wildman–Crippen MR) is 88.3 cm³/mol. The maximum atomic E-state index is 4.56. The van der Waals surface area contributed by atoms with Crippen LogP contribution in [-0.4, -0.2) is 27.2 Å². The van der Waals surface area contributed by atoms with Gasteiger partial charge < -0.3 is 0 Å². The first kappa shape index (κ1) is 14.8. The molecule has 1 nitrogen and oxygen atoms in total. The molecular formula is C18H18NSe. The Hall–Kier alpha value is -1.63. The average molecular weight is 327 g/mol. The number of aliphatic imine (C=N–C) groups is 1. The second-order valence-electron chi connectivity index (χ2n) is 4.54. The molecule has 101 valence electrons. The molecule has 0 amide bonds. The molecule has 0 fully saturated rings. The number of hydrogen-bond acceptors (Lipinski definition) is 1. The van der Waals surface area contributed by atoms with Crippen LogP contribution in [0.1, 0.15) is 17.5 Å². The fourth-order valence-corrected chi connectivity index (χ4v) is 2.41. The summed E-state index contributed by atoms with van der Waals surface area (Å²) in [6.07, 6.45) is 6.18. The fourth-order valence-electron chi connectivity index (χ4n) is 1.87. The van der Waals surface area contributed by atoms with Crippen molar-refractivity contribution in [3.63, 3.8) is 0 Å². The summed E-state index contributed by atoms with van der Waals surface area (Å²) in [7, 11) is 0. The molecule has 0 saturated heterocycles. The second-order valence-corrected chi connectivity index (χ2v) is 5.53. The van der Waals surface area contributed by atoms with Gasteiger partial charge in [-0.3, -0.25) is 0 Å². The molecule has 0 saturated carbocycles. The Kier molecular flexibility index (Phi) is 6.29. The molecule has 0 aliphatic heterocycles. The Labute approximate surface area is 129 Å². The van der Waals surface area contributed by atoms with E-state index in [4.69, 9.17) is 0 Å². The molecule has 1 radical (unpaired) electrons. The molecule has 0 unspecified atom stereocenters. The van der Waals surface area contributed by atoms with Gasteiger partial charge >= 0.3 is 129 Å². The Morgan fingerprint density at radius 2 is 1.60 bits per heavy atom. The van der Waals surface area contributed by atoms with Gasteiger partial charge in [0, 0.05) is 0 Å². The summed E-state index contributed by atoms with van der Waals surface area (Å²) >= 11 is 3.06. The van der Waals surface area contributed by atoms with Crippen LogP contribution in [0.15, 0.2) is 71.7 Å². The van der Waals surface area contributed by atoms with Crippen LogP contribution < -0.4 is 0 Å². The SMILES string of the molecule is [Se]C(Cc1ccccc1)=NCC/C=C/c1ccccc1. The van der Waals surface area contributed by atoms with Crippen LogP contribution in [0.25, 0.3) is 6.08 Å². The molecule has 0 spiro atoms. The quantitative estimate of drug-likeness (QED) is 0.433. The third-order valence-corrected chi connectivity index (χ3v) is 3.47. The Bertz CT molecular complexity index is 558. The van der Waals surface area contributed by atoms with Gasteiger partial charge in [0.05, 0.1) is 0 Å². The van der Waals surface area contributed by atoms with Gasteiger partial charge in [-0.1, -0.05) is 0 Å². The third kappa shape index (κ3) is 5.56. The third-order valence-electron chi connectivity index (χ3n) is 2.89. The van der Waals surface area contributed by atoms with Crippen LogP contribution in [0.4, 0.5) is 0 Å². The second kappa shape index (κ2) is 8.52. The minimum absolute atomic E-state index is 0.832. The Morgan fingerprint density at radius 3 is 2.30 bits per heavy atom. The number of rotatable bonds is 6. The zero-order valence-electron chi connectivity index (χ0n) is 11.4. The van der Waals surface area contributed by atoms with Crippen LogP contribution in [0, 0.1) is 0 Å². The summed E-state index contributed by atoms with van der Waals surface area (Å²) < 4.78 is 1.07. The summed E-state index contributed by atoms with van der Waals surface area (Å²) in [6, 6.07) is 20.8. The van der Waals surface area contributed by atoms with Crippen LogP contribution in [0.2, 0.25) is 0 Å². The monoisotopic (exact) mass is 328 g/mol. The first-order valence-electron chi connectivity index (χ1n) is 6.80. The first-order valence-corrected chi connectivity index (χ1v) is 7.66. The van der Waals surface area contributed by atoms with Gasteiger partial charge in [-0.05, 0) is 0 Å². The van der Waals surface area contributed by atoms with E-state index < -0.39 is 0 Å².